The Morgan fingerprint density at radius 2 is 2.00 bits per heavy atom. The van der Waals surface area contributed by atoms with E-state index in [1.54, 1.807) is 7.11 Å². The Balaban J connectivity index is 3.47. The fraction of sp³-hybridized carbons (Fsp3) is 0.875. The lowest BCUT2D eigenvalue weighted by Gasteiger charge is -2.05. The van der Waals surface area contributed by atoms with Crippen molar-refractivity contribution in [3.8, 4) is 0 Å². The number of hydrogen-bond acceptors (Lipinski definition) is 5. The number of methoxy groups -OCH3 is 1. The molecule has 7 nitrogen and oxygen atoms in total. The first-order valence-corrected chi connectivity index (χ1v) is 6.39. The second-order valence-corrected chi connectivity index (χ2v) is 4.81. The summed E-state index contributed by atoms with van der Waals surface area (Å²) in [5, 5.41) is 8.29. The first-order valence-electron chi connectivity index (χ1n) is 4.74. The molecule has 96 valence electrons. The predicted octanol–water partition coefficient (Wildman–Crippen LogP) is -0.956. The molecule has 16 heavy (non-hydrogen) atoms. The molecule has 0 unspecified atom stereocenters. The van der Waals surface area contributed by atoms with Gasteiger partial charge < -0.3 is 14.6 Å². The van der Waals surface area contributed by atoms with Crippen molar-refractivity contribution >= 4 is 16.0 Å². The van der Waals surface area contributed by atoms with E-state index in [0.29, 0.717) is 26.2 Å². The van der Waals surface area contributed by atoms with Crippen LogP contribution in [0.5, 0.6) is 0 Å². The summed E-state index contributed by atoms with van der Waals surface area (Å²) in [5.74, 6) is -2.28. The van der Waals surface area contributed by atoms with Crippen LogP contribution in [0.15, 0.2) is 0 Å². The summed E-state index contributed by atoms with van der Waals surface area (Å²) in [7, 11) is -2.15. The van der Waals surface area contributed by atoms with Gasteiger partial charge in [-0.3, -0.25) is 4.79 Å². The monoisotopic (exact) mass is 255 g/mol. The number of carbonyl (C=O) groups is 1. The molecule has 0 fully saturated rings. The van der Waals surface area contributed by atoms with Crippen LogP contribution in [0.4, 0.5) is 0 Å². The van der Waals surface area contributed by atoms with Crippen LogP contribution in [0.2, 0.25) is 0 Å². The molecular weight excluding hydrogens is 238 g/mol. The molecule has 0 aliphatic rings. The zero-order valence-corrected chi connectivity index (χ0v) is 9.96. The highest BCUT2D eigenvalue weighted by atomic mass is 32.2. The second kappa shape index (κ2) is 8.45. The molecule has 0 saturated carbocycles. The van der Waals surface area contributed by atoms with Crippen molar-refractivity contribution in [3.63, 3.8) is 0 Å². The lowest BCUT2D eigenvalue weighted by Crippen LogP contribution is -2.31. The molecule has 0 aromatic heterocycles. The van der Waals surface area contributed by atoms with Crippen molar-refractivity contribution < 1.29 is 27.8 Å². The van der Waals surface area contributed by atoms with Crippen LogP contribution in [-0.4, -0.2) is 58.7 Å². The third-order valence-corrected chi connectivity index (χ3v) is 2.80. The fourth-order valence-electron chi connectivity index (χ4n) is 0.860. The van der Waals surface area contributed by atoms with E-state index >= 15 is 0 Å². The van der Waals surface area contributed by atoms with Crippen LogP contribution in [0.1, 0.15) is 6.42 Å². The predicted molar refractivity (Wildman–Crippen MR) is 56.7 cm³/mol. The van der Waals surface area contributed by atoms with E-state index in [-0.39, 0.29) is 6.54 Å². The molecule has 8 heteroatoms. The zero-order chi connectivity index (χ0) is 12.4. The van der Waals surface area contributed by atoms with E-state index < -0.39 is 21.7 Å². The van der Waals surface area contributed by atoms with E-state index in [2.05, 4.69) is 4.72 Å². The van der Waals surface area contributed by atoms with Gasteiger partial charge in [0, 0.05) is 20.3 Å². The van der Waals surface area contributed by atoms with Gasteiger partial charge in [-0.15, -0.1) is 0 Å². The molecule has 0 aliphatic heterocycles. The maximum absolute atomic E-state index is 11.0. The molecule has 0 aliphatic carbocycles. The van der Waals surface area contributed by atoms with Crippen LogP contribution in [0.3, 0.4) is 0 Å². The number of carboxylic acid groups (broad SMARTS) is 1. The molecule has 0 bridgehead atoms. The Labute approximate surface area is 94.8 Å². The molecule has 0 atom stereocenters. The molecule has 0 saturated heterocycles. The van der Waals surface area contributed by atoms with Gasteiger partial charge in [0.25, 0.3) is 0 Å². The second-order valence-electron chi connectivity index (χ2n) is 3.01. The molecule has 2 N–H and O–H groups in total. The molecule has 0 heterocycles. The zero-order valence-electron chi connectivity index (χ0n) is 9.14. The number of nitrogens with one attached hydrogen (secondary N) is 1. The molecule has 0 amide bonds. The van der Waals surface area contributed by atoms with Crippen molar-refractivity contribution in [2.45, 2.75) is 6.42 Å². The summed E-state index contributed by atoms with van der Waals surface area (Å²) in [6, 6.07) is 0. The van der Waals surface area contributed by atoms with Crippen LogP contribution < -0.4 is 4.72 Å². The topological polar surface area (TPSA) is 102 Å². The van der Waals surface area contributed by atoms with Gasteiger partial charge in [-0.25, -0.2) is 13.1 Å². The number of sulfonamides is 1. The minimum Gasteiger partial charge on any atom is -0.480 e. The SMILES string of the molecule is COCCOCCCNS(=O)(=O)CC(=O)O. The Morgan fingerprint density at radius 1 is 1.31 bits per heavy atom. The van der Waals surface area contributed by atoms with Gasteiger partial charge in [0.05, 0.1) is 13.2 Å². The van der Waals surface area contributed by atoms with E-state index in [0.717, 1.165) is 0 Å². The maximum atomic E-state index is 11.0. The van der Waals surface area contributed by atoms with Gasteiger partial charge in [0.2, 0.25) is 10.0 Å². The first kappa shape index (κ1) is 15.3. The lowest BCUT2D eigenvalue weighted by molar-refractivity contribution is -0.134. The Bertz CT molecular complexity index is 289. The molecular formula is C8H17NO6S. The van der Waals surface area contributed by atoms with Crippen molar-refractivity contribution in [3.05, 3.63) is 0 Å². The summed E-state index contributed by atoms with van der Waals surface area (Å²) in [4.78, 5) is 10.2. The minimum absolute atomic E-state index is 0.169. The number of aliphatic carboxylic acids is 1. The number of hydrogen-bond donors (Lipinski definition) is 2. The number of carboxylic acids is 1. The van der Waals surface area contributed by atoms with E-state index in [1.165, 1.54) is 0 Å². The highest BCUT2D eigenvalue weighted by Gasteiger charge is 2.13. The average molecular weight is 255 g/mol. The summed E-state index contributed by atoms with van der Waals surface area (Å²) in [5.41, 5.74) is 0. The van der Waals surface area contributed by atoms with Crippen molar-refractivity contribution in [1.82, 2.24) is 4.72 Å². The van der Waals surface area contributed by atoms with Crippen LogP contribution in [-0.2, 0) is 24.3 Å². The number of ether oxygens (including phenoxy) is 2. The Morgan fingerprint density at radius 3 is 2.56 bits per heavy atom. The third-order valence-electron chi connectivity index (χ3n) is 1.53. The van der Waals surface area contributed by atoms with Gasteiger partial charge in [-0.2, -0.15) is 0 Å². The molecule has 0 rings (SSSR count). The standard InChI is InChI=1S/C8H17NO6S/c1-14-5-6-15-4-2-3-9-16(12,13)7-8(10)11/h9H,2-7H2,1H3,(H,10,11). The normalized spacial score (nSPS) is 11.6. The fourth-order valence-corrected chi connectivity index (χ4v) is 1.74. The Kier molecular flexibility index (Phi) is 8.08. The highest BCUT2D eigenvalue weighted by Crippen LogP contribution is 1.87. The van der Waals surface area contributed by atoms with E-state index in [9.17, 15) is 13.2 Å². The van der Waals surface area contributed by atoms with Gasteiger partial charge in [0.15, 0.2) is 5.75 Å². The van der Waals surface area contributed by atoms with Gasteiger partial charge >= 0.3 is 5.97 Å². The summed E-state index contributed by atoms with van der Waals surface area (Å²) < 4.78 is 34.0. The van der Waals surface area contributed by atoms with Crippen molar-refractivity contribution in [2.24, 2.45) is 0 Å². The third kappa shape index (κ3) is 9.84. The average Bonchev–Trinajstić information content (AvgIpc) is 2.14. The smallest absolute Gasteiger partial charge is 0.320 e. The quantitative estimate of drug-likeness (QED) is 0.488. The van der Waals surface area contributed by atoms with Crippen molar-refractivity contribution in [1.29, 1.82) is 0 Å². The Hall–Kier alpha value is -0.700. The number of rotatable bonds is 10. The molecule has 0 aromatic rings. The van der Waals surface area contributed by atoms with Crippen LogP contribution in [0.25, 0.3) is 0 Å². The molecule has 0 aromatic carbocycles. The molecule has 0 spiro atoms. The van der Waals surface area contributed by atoms with Crippen LogP contribution in [0, 0.1) is 0 Å². The van der Waals surface area contributed by atoms with E-state index in [1.807, 2.05) is 0 Å². The lowest BCUT2D eigenvalue weighted by atomic mass is 10.5. The first-order chi connectivity index (χ1) is 7.48. The maximum Gasteiger partial charge on any atom is 0.320 e. The highest BCUT2D eigenvalue weighted by molar-refractivity contribution is 7.90. The van der Waals surface area contributed by atoms with Crippen molar-refractivity contribution in [2.75, 3.05) is 39.2 Å². The van der Waals surface area contributed by atoms with Gasteiger partial charge in [0.1, 0.15) is 0 Å². The largest absolute Gasteiger partial charge is 0.480 e. The van der Waals surface area contributed by atoms with Gasteiger partial charge in [-0.1, -0.05) is 0 Å². The van der Waals surface area contributed by atoms with Gasteiger partial charge in [-0.05, 0) is 6.42 Å². The summed E-state index contributed by atoms with van der Waals surface area (Å²) in [6.07, 6.45) is 0.489. The van der Waals surface area contributed by atoms with E-state index in [4.69, 9.17) is 14.6 Å². The summed E-state index contributed by atoms with van der Waals surface area (Å²) >= 11 is 0. The van der Waals surface area contributed by atoms with Crippen LogP contribution >= 0.6 is 0 Å². The molecule has 0 radical (unpaired) electrons. The minimum atomic E-state index is -3.71. The summed E-state index contributed by atoms with van der Waals surface area (Å²) in [6.45, 7) is 1.52.